The number of ketones is 1. The van der Waals surface area contributed by atoms with Crippen LogP contribution in [0.4, 0.5) is 8.78 Å². The Kier molecular flexibility index (Phi) is 4.13. The number of pyridine rings is 1. The van der Waals surface area contributed by atoms with Crippen molar-refractivity contribution in [2.45, 2.75) is 0 Å². The lowest BCUT2D eigenvalue weighted by Crippen LogP contribution is -2.17. The number of primary amides is 1. The number of nitrogens with one attached hydrogen (secondary N) is 1. The predicted octanol–water partition coefficient (Wildman–Crippen LogP) is 2.83. The topological polar surface area (TPSA) is 98.1 Å². The van der Waals surface area contributed by atoms with Crippen LogP contribution in [0.15, 0.2) is 24.5 Å². The number of nitrogens with two attached hydrogens (primary N) is 1. The van der Waals surface area contributed by atoms with Gasteiger partial charge in [-0.3, -0.25) is 9.59 Å². The van der Waals surface area contributed by atoms with Gasteiger partial charge in [-0.25, -0.2) is 13.8 Å². The molecule has 128 valence electrons. The number of hydrogen-bond acceptors (Lipinski definition) is 4. The summed E-state index contributed by atoms with van der Waals surface area (Å²) in [5.74, 6) is -4.46. The maximum atomic E-state index is 14.4. The van der Waals surface area contributed by atoms with Gasteiger partial charge in [-0.1, -0.05) is 11.6 Å². The van der Waals surface area contributed by atoms with Gasteiger partial charge in [-0.15, -0.1) is 0 Å². The fraction of sp³-hybridized carbons (Fsp3) is 0.0625. The minimum absolute atomic E-state index is 0.110. The molecule has 6 nitrogen and oxygen atoms in total. The van der Waals surface area contributed by atoms with Crippen molar-refractivity contribution in [1.29, 1.82) is 0 Å². The molecule has 3 rings (SSSR count). The van der Waals surface area contributed by atoms with Gasteiger partial charge in [0.15, 0.2) is 5.75 Å². The summed E-state index contributed by atoms with van der Waals surface area (Å²) in [5.41, 5.74) is 3.69. The van der Waals surface area contributed by atoms with Crippen LogP contribution in [0.1, 0.15) is 26.3 Å². The third-order valence-corrected chi connectivity index (χ3v) is 3.91. The Morgan fingerprint density at radius 3 is 2.64 bits per heavy atom. The molecule has 25 heavy (non-hydrogen) atoms. The van der Waals surface area contributed by atoms with Gasteiger partial charge >= 0.3 is 0 Å². The van der Waals surface area contributed by atoms with E-state index in [2.05, 4.69) is 9.97 Å². The van der Waals surface area contributed by atoms with Gasteiger partial charge in [-0.05, 0) is 12.1 Å². The number of hydrogen-bond donors (Lipinski definition) is 2. The zero-order valence-electron chi connectivity index (χ0n) is 12.7. The van der Waals surface area contributed by atoms with Crippen molar-refractivity contribution in [2.75, 3.05) is 7.11 Å². The highest BCUT2D eigenvalue weighted by atomic mass is 35.5. The van der Waals surface area contributed by atoms with Gasteiger partial charge in [0, 0.05) is 6.20 Å². The molecular formula is C16H10ClF2N3O3. The Hall–Kier alpha value is -3.00. The Morgan fingerprint density at radius 2 is 2.00 bits per heavy atom. The van der Waals surface area contributed by atoms with E-state index in [-0.39, 0.29) is 27.4 Å². The van der Waals surface area contributed by atoms with Crippen molar-refractivity contribution < 1.29 is 23.1 Å². The van der Waals surface area contributed by atoms with Gasteiger partial charge in [0.25, 0.3) is 5.91 Å². The minimum atomic E-state index is -1.33. The van der Waals surface area contributed by atoms with Crippen molar-refractivity contribution >= 4 is 34.3 Å². The van der Waals surface area contributed by atoms with Crippen LogP contribution in [-0.2, 0) is 0 Å². The molecule has 0 aliphatic heterocycles. The van der Waals surface area contributed by atoms with Crippen LogP contribution in [0.3, 0.4) is 0 Å². The average Bonchev–Trinajstić information content (AvgIpc) is 2.98. The molecule has 0 saturated carbocycles. The summed E-state index contributed by atoms with van der Waals surface area (Å²) in [6, 6.07) is 1.67. The van der Waals surface area contributed by atoms with Crippen molar-refractivity contribution in [3.63, 3.8) is 0 Å². The second-order valence-electron chi connectivity index (χ2n) is 5.04. The highest BCUT2D eigenvalue weighted by Crippen LogP contribution is 2.35. The number of carbonyl (C=O) groups is 2. The number of methoxy groups -OCH3 is 1. The van der Waals surface area contributed by atoms with Crippen molar-refractivity contribution in [3.05, 3.63) is 57.9 Å². The first-order chi connectivity index (χ1) is 11.9. The van der Waals surface area contributed by atoms with Crippen LogP contribution in [-0.4, -0.2) is 28.8 Å². The number of halogens is 3. The molecular weight excluding hydrogens is 356 g/mol. The van der Waals surface area contributed by atoms with Crippen molar-refractivity contribution in [1.82, 2.24) is 9.97 Å². The average molecular weight is 366 g/mol. The summed E-state index contributed by atoms with van der Waals surface area (Å²) in [6.07, 6.45) is 2.54. The molecule has 1 aromatic carbocycles. The highest BCUT2D eigenvalue weighted by molar-refractivity contribution is 6.33. The van der Waals surface area contributed by atoms with Crippen LogP contribution in [0.5, 0.6) is 5.75 Å². The number of ether oxygens (including phenoxy) is 1. The molecule has 0 bridgehead atoms. The van der Waals surface area contributed by atoms with Gasteiger partial charge in [0.1, 0.15) is 22.3 Å². The van der Waals surface area contributed by atoms with Crippen LogP contribution in [0.25, 0.3) is 11.0 Å². The van der Waals surface area contributed by atoms with E-state index in [0.29, 0.717) is 0 Å². The quantitative estimate of drug-likeness (QED) is 0.694. The largest absolute Gasteiger partial charge is 0.494 e. The molecule has 0 radical (unpaired) electrons. The Labute approximate surface area is 144 Å². The van der Waals surface area contributed by atoms with Gasteiger partial charge in [0.05, 0.1) is 35.4 Å². The van der Waals surface area contributed by atoms with Crippen LogP contribution in [0, 0.1) is 11.6 Å². The first-order valence-corrected chi connectivity index (χ1v) is 7.26. The summed E-state index contributed by atoms with van der Waals surface area (Å²) >= 11 is 5.99. The Balaban J connectivity index is 2.27. The molecule has 3 N–H and O–H groups in total. The molecule has 1 amide bonds. The number of nitrogens with zero attached hydrogens (tertiary/aromatic N) is 1. The van der Waals surface area contributed by atoms with Crippen molar-refractivity contribution in [3.8, 4) is 5.75 Å². The number of fused-ring (bicyclic) bond motifs is 1. The van der Waals surface area contributed by atoms with E-state index in [1.807, 2.05) is 0 Å². The van der Waals surface area contributed by atoms with Crippen LogP contribution in [0.2, 0.25) is 5.02 Å². The fourth-order valence-electron chi connectivity index (χ4n) is 2.51. The molecule has 0 saturated heterocycles. The van der Waals surface area contributed by atoms with Gasteiger partial charge in [-0.2, -0.15) is 0 Å². The second kappa shape index (κ2) is 6.14. The summed E-state index contributed by atoms with van der Waals surface area (Å²) in [7, 11) is 1.33. The Bertz CT molecular complexity index is 1030. The molecule has 9 heteroatoms. The lowest BCUT2D eigenvalue weighted by Gasteiger charge is -2.08. The summed E-state index contributed by atoms with van der Waals surface area (Å²) in [4.78, 5) is 30.7. The fourth-order valence-corrected chi connectivity index (χ4v) is 2.73. The molecule has 0 unspecified atom stereocenters. The van der Waals surface area contributed by atoms with Gasteiger partial charge < -0.3 is 15.5 Å². The lowest BCUT2D eigenvalue weighted by molar-refractivity contribution is 0.0996. The first kappa shape index (κ1) is 16.8. The van der Waals surface area contributed by atoms with E-state index in [9.17, 15) is 18.4 Å². The van der Waals surface area contributed by atoms with Crippen LogP contribution >= 0.6 is 11.6 Å². The molecule has 0 spiro atoms. The summed E-state index contributed by atoms with van der Waals surface area (Å²) in [6.45, 7) is 0. The molecule has 2 heterocycles. The zero-order valence-corrected chi connectivity index (χ0v) is 13.4. The lowest BCUT2D eigenvalue weighted by atomic mass is 9.99. The third-order valence-electron chi connectivity index (χ3n) is 3.64. The number of rotatable bonds is 4. The van der Waals surface area contributed by atoms with E-state index in [1.165, 1.54) is 19.5 Å². The number of H-pyrrole nitrogens is 1. The van der Waals surface area contributed by atoms with Crippen molar-refractivity contribution in [2.24, 2.45) is 5.73 Å². The maximum absolute atomic E-state index is 14.4. The predicted molar refractivity (Wildman–Crippen MR) is 86.0 cm³/mol. The second-order valence-corrected chi connectivity index (χ2v) is 5.45. The smallest absolute Gasteiger partial charge is 0.251 e. The number of amides is 1. The molecule has 0 atom stereocenters. The normalized spacial score (nSPS) is 10.9. The monoisotopic (exact) mass is 365 g/mol. The Morgan fingerprint density at radius 1 is 1.28 bits per heavy atom. The SMILES string of the molecule is COc1c(Cl)cnc2[nH]cc(C(=O)c3c(F)ccc(C(N)=O)c3F)c12. The molecule has 2 aromatic heterocycles. The zero-order chi connectivity index (χ0) is 18.3. The van der Waals surface area contributed by atoms with E-state index >= 15 is 0 Å². The van der Waals surface area contributed by atoms with Gasteiger partial charge in [0.2, 0.25) is 5.78 Å². The summed E-state index contributed by atoms with van der Waals surface area (Å²) in [5, 5.41) is 0.291. The molecule has 3 aromatic rings. The van der Waals surface area contributed by atoms with E-state index in [0.717, 1.165) is 12.1 Å². The highest BCUT2D eigenvalue weighted by Gasteiger charge is 2.27. The van der Waals surface area contributed by atoms with Crippen LogP contribution < -0.4 is 10.5 Å². The molecule has 0 fully saturated rings. The van der Waals surface area contributed by atoms with E-state index < -0.39 is 34.5 Å². The first-order valence-electron chi connectivity index (χ1n) is 6.88. The van der Waals surface area contributed by atoms with E-state index in [1.54, 1.807) is 0 Å². The molecule has 0 aliphatic carbocycles. The standard InChI is InChI=1S/C16H10ClF2N3O3/c1-25-14-8(17)5-22-16-10(14)7(4-21-16)13(23)11-9(18)3-2-6(12(11)19)15(20)24/h2-5H,1H3,(H2,20,24)(H,21,22). The summed E-state index contributed by atoms with van der Waals surface area (Å²) < 4.78 is 33.7. The number of benzene rings is 1. The minimum Gasteiger partial charge on any atom is -0.494 e. The van der Waals surface area contributed by atoms with E-state index in [4.69, 9.17) is 22.1 Å². The maximum Gasteiger partial charge on any atom is 0.251 e. The number of aromatic amines is 1. The third kappa shape index (κ3) is 2.60. The number of carbonyl (C=O) groups excluding carboxylic acids is 2. The molecule has 0 aliphatic rings. The number of aromatic nitrogens is 2.